The first-order valence-corrected chi connectivity index (χ1v) is 13.9. The van der Waals surface area contributed by atoms with E-state index >= 15 is 4.39 Å². The predicted molar refractivity (Wildman–Crippen MR) is 144 cm³/mol. The fraction of sp³-hybridized carbons (Fsp3) is 0.333. The van der Waals surface area contributed by atoms with E-state index in [4.69, 9.17) is 18.3 Å². The number of phosphoric acid groups is 1. The van der Waals surface area contributed by atoms with E-state index in [1.807, 2.05) is 4.57 Å². The average Bonchev–Trinajstić information content (AvgIpc) is 3.51. The molecule has 0 fully saturated rings. The van der Waals surface area contributed by atoms with Gasteiger partial charge in [0.2, 0.25) is 0 Å². The number of halogens is 1. The average molecular weight is 570 g/mol. The molecule has 0 unspecified atom stereocenters. The number of fused-ring (bicyclic) bond motifs is 3. The molecule has 3 heterocycles. The number of hydrogen-bond acceptors (Lipinski definition) is 9. The van der Waals surface area contributed by atoms with E-state index in [0.29, 0.717) is 46.7 Å². The maximum Gasteiger partial charge on any atom is 0.475 e. The standard InChI is InChI=1S/C27H29FN5O6P/c1-27(2,39-40(35,37-4)38-5)26-29-14-17(15-30-26)19-12-23-22(13-20(19)28)31-24-21(9-10-33(23)24)32-25(34)16-7-6-8-18(11-16)36-3/h6-8,11-15,21H,9-10H2,1-5H3,(H,32,34)/t21-/m1/s1. The normalized spacial score (nSPS) is 15.3. The number of carbonyl (C=O) groups excluding carboxylic acids is 1. The molecular formula is C27H29FN5O6P. The third-order valence-corrected chi connectivity index (χ3v) is 8.32. The highest BCUT2D eigenvalue weighted by Gasteiger charge is 2.37. The van der Waals surface area contributed by atoms with Crippen LogP contribution in [0.3, 0.4) is 0 Å². The molecule has 0 bridgehead atoms. The van der Waals surface area contributed by atoms with Crippen LogP contribution in [-0.4, -0.2) is 46.8 Å². The van der Waals surface area contributed by atoms with Crippen LogP contribution in [0.25, 0.3) is 22.2 Å². The Labute approximate surface area is 230 Å². The minimum atomic E-state index is -3.79. The lowest BCUT2D eigenvalue weighted by molar-refractivity contribution is 0.0396. The molecule has 1 N–H and O–H groups in total. The lowest BCUT2D eigenvalue weighted by atomic mass is 10.1. The van der Waals surface area contributed by atoms with Crippen LogP contribution in [0.1, 0.15) is 48.3 Å². The van der Waals surface area contributed by atoms with Crippen molar-refractivity contribution >= 4 is 24.8 Å². The number of ether oxygens (including phenoxy) is 1. The number of aromatic nitrogens is 4. The molecule has 2 aromatic heterocycles. The molecular weight excluding hydrogens is 540 g/mol. The molecule has 0 radical (unpaired) electrons. The second kappa shape index (κ2) is 10.7. The summed E-state index contributed by atoms with van der Waals surface area (Å²) in [5, 5.41) is 3.03. The molecule has 0 saturated heterocycles. The summed E-state index contributed by atoms with van der Waals surface area (Å²) in [5.41, 5.74) is 1.23. The maximum atomic E-state index is 15.2. The van der Waals surface area contributed by atoms with Gasteiger partial charge < -0.3 is 14.6 Å². The van der Waals surface area contributed by atoms with Crippen molar-refractivity contribution in [2.45, 2.75) is 38.5 Å². The van der Waals surface area contributed by atoms with E-state index in [2.05, 4.69) is 20.3 Å². The van der Waals surface area contributed by atoms with Gasteiger partial charge in [-0.15, -0.1) is 0 Å². The molecule has 4 aromatic rings. The fourth-order valence-electron chi connectivity index (χ4n) is 4.66. The van der Waals surface area contributed by atoms with Crippen LogP contribution >= 0.6 is 7.82 Å². The smallest absolute Gasteiger partial charge is 0.475 e. The lowest BCUT2D eigenvalue weighted by Crippen LogP contribution is -2.27. The summed E-state index contributed by atoms with van der Waals surface area (Å²) in [6.45, 7) is 3.86. The van der Waals surface area contributed by atoms with Gasteiger partial charge in [-0.2, -0.15) is 0 Å². The van der Waals surface area contributed by atoms with Gasteiger partial charge in [0.05, 0.1) is 24.2 Å². The van der Waals surface area contributed by atoms with Crippen molar-refractivity contribution in [1.29, 1.82) is 0 Å². The van der Waals surface area contributed by atoms with Crippen molar-refractivity contribution in [3.63, 3.8) is 0 Å². The predicted octanol–water partition coefficient (Wildman–Crippen LogP) is 5.17. The number of amides is 1. The van der Waals surface area contributed by atoms with Crippen molar-refractivity contribution in [2.75, 3.05) is 21.3 Å². The number of aryl methyl sites for hydroxylation is 1. The molecule has 1 atom stereocenters. The van der Waals surface area contributed by atoms with Gasteiger partial charge in [-0.1, -0.05) is 6.07 Å². The van der Waals surface area contributed by atoms with Crippen LogP contribution < -0.4 is 10.1 Å². The van der Waals surface area contributed by atoms with Crippen molar-refractivity contribution in [3.05, 3.63) is 71.8 Å². The first-order chi connectivity index (χ1) is 19.1. The number of benzene rings is 2. The molecule has 1 aliphatic heterocycles. The first-order valence-electron chi connectivity index (χ1n) is 12.5. The second-order valence-electron chi connectivity index (χ2n) is 9.70. The molecule has 1 aliphatic rings. The first kappa shape index (κ1) is 27.9. The quantitative estimate of drug-likeness (QED) is 0.272. The van der Waals surface area contributed by atoms with Gasteiger partial charge in [0.15, 0.2) is 5.82 Å². The number of methoxy groups -OCH3 is 1. The SMILES string of the molecule is COc1cccc(C(=O)N[C@@H]2CCn3c2nc2cc(F)c(-c4cnc(C(C)(C)OP(=O)(OC)OC)nc4)cc23)c1. The number of imidazole rings is 1. The molecule has 40 heavy (non-hydrogen) atoms. The van der Waals surface area contributed by atoms with Crippen molar-refractivity contribution < 1.29 is 32.1 Å². The number of carbonyl (C=O) groups is 1. The molecule has 5 rings (SSSR count). The van der Waals surface area contributed by atoms with Crippen LogP contribution in [-0.2, 0) is 30.3 Å². The minimum absolute atomic E-state index is 0.215. The zero-order chi connectivity index (χ0) is 28.7. The number of rotatable bonds is 9. The van der Waals surface area contributed by atoms with Gasteiger partial charge in [-0.05, 0) is 44.5 Å². The van der Waals surface area contributed by atoms with E-state index in [9.17, 15) is 9.36 Å². The van der Waals surface area contributed by atoms with Crippen molar-refractivity contribution in [3.8, 4) is 16.9 Å². The number of hydrogen-bond donors (Lipinski definition) is 1. The number of nitrogens with one attached hydrogen (secondary N) is 1. The molecule has 1 amide bonds. The van der Waals surface area contributed by atoms with E-state index in [-0.39, 0.29) is 17.8 Å². The summed E-state index contributed by atoms with van der Waals surface area (Å²) in [6.07, 6.45) is 3.60. The summed E-state index contributed by atoms with van der Waals surface area (Å²) in [7, 11) is 0.185. The molecule has 0 aliphatic carbocycles. The molecule has 13 heteroatoms. The van der Waals surface area contributed by atoms with Gasteiger partial charge in [-0.3, -0.25) is 18.4 Å². The Balaban J connectivity index is 1.40. The highest BCUT2D eigenvalue weighted by molar-refractivity contribution is 7.48. The zero-order valence-electron chi connectivity index (χ0n) is 22.7. The summed E-state index contributed by atoms with van der Waals surface area (Å²) in [5.74, 6) is 0.734. The summed E-state index contributed by atoms with van der Waals surface area (Å²) in [6, 6.07) is 9.66. The lowest BCUT2D eigenvalue weighted by Gasteiger charge is -2.26. The van der Waals surface area contributed by atoms with Crippen molar-refractivity contribution in [1.82, 2.24) is 24.8 Å². The third kappa shape index (κ3) is 5.23. The zero-order valence-corrected chi connectivity index (χ0v) is 23.6. The maximum absolute atomic E-state index is 15.2. The fourth-order valence-corrected chi connectivity index (χ4v) is 5.60. The summed E-state index contributed by atoms with van der Waals surface area (Å²) < 4.78 is 50.1. The largest absolute Gasteiger partial charge is 0.497 e. The van der Waals surface area contributed by atoms with E-state index in [1.165, 1.54) is 32.7 Å². The Morgan fingerprint density at radius 2 is 1.85 bits per heavy atom. The Morgan fingerprint density at radius 1 is 1.12 bits per heavy atom. The highest BCUT2D eigenvalue weighted by atomic mass is 31.2. The van der Waals surface area contributed by atoms with Gasteiger partial charge >= 0.3 is 7.82 Å². The topological polar surface area (TPSA) is 127 Å². The van der Waals surface area contributed by atoms with E-state index in [0.717, 1.165) is 5.52 Å². The van der Waals surface area contributed by atoms with Gasteiger partial charge in [0.25, 0.3) is 5.91 Å². The Hall–Kier alpha value is -3.70. The highest BCUT2D eigenvalue weighted by Crippen LogP contribution is 2.53. The molecule has 0 saturated carbocycles. The second-order valence-corrected chi connectivity index (χ2v) is 11.5. The van der Waals surface area contributed by atoms with Crippen molar-refractivity contribution in [2.24, 2.45) is 0 Å². The van der Waals surface area contributed by atoms with Gasteiger partial charge in [0.1, 0.15) is 23.0 Å². The molecule has 11 nitrogen and oxygen atoms in total. The van der Waals surface area contributed by atoms with Crippen LogP contribution in [0.15, 0.2) is 48.8 Å². The van der Waals surface area contributed by atoms with E-state index in [1.54, 1.807) is 51.3 Å². The van der Waals surface area contributed by atoms with Crippen LogP contribution in [0.5, 0.6) is 5.75 Å². The molecule has 0 spiro atoms. The van der Waals surface area contributed by atoms with Gasteiger partial charge in [-0.25, -0.2) is 23.9 Å². The van der Waals surface area contributed by atoms with Crippen LogP contribution in [0.4, 0.5) is 4.39 Å². The summed E-state index contributed by atoms with van der Waals surface area (Å²) in [4.78, 5) is 26.2. The summed E-state index contributed by atoms with van der Waals surface area (Å²) >= 11 is 0. The number of nitrogens with zero attached hydrogens (tertiary/aromatic N) is 4. The van der Waals surface area contributed by atoms with Gasteiger partial charge in [0, 0.05) is 55.9 Å². The Bertz CT molecular complexity index is 1620. The molecule has 2 aromatic carbocycles. The monoisotopic (exact) mass is 569 g/mol. The third-order valence-electron chi connectivity index (χ3n) is 6.75. The van der Waals surface area contributed by atoms with Crippen LogP contribution in [0, 0.1) is 5.82 Å². The Kier molecular flexibility index (Phi) is 7.45. The molecule has 210 valence electrons. The number of phosphoric ester groups is 1. The Morgan fingerprint density at radius 3 is 2.52 bits per heavy atom. The van der Waals surface area contributed by atoms with E-state index < -0.39 is 19.2 Å². The van der Waals surface area contributed by atoms with Crippen LogP contribution in [0.2, 0.25) is 0 Å². The minimum Gasteiger partial charge on any atom is -0.497 e.